The quantitative estimate of drug-likeness (QED) is 0.674. The third kappa shape index (κ3) is 4.10. The number of amides is 1. The van der Waals surface area contributed by atoms with Gasteiger partial charge in [-0.1, -0.05) is 23.7 Å². The SMILES string of the molecule is O=C(c1ccccc1Cl)N1C[C@H](C(F)(F)F)C[C@@H](C(F)(F)F)C1. The van der Waals surface area contributed by atoms with Crippen LogP contribution < -0.4 is 0 Å². The van der Waals surface area contributed by atoms with Crippen LogP contribution in [0.15, 0.2) is 24.3 Å². The maximum atomic E-state index is 12.9. The minimum absolute atomic E-state index is 0.0183. The Morgan fingerprint density at radius 3 is 1.91 bits per heavy atom. The lowest BCUT2D eigenvalue weighted by atomic mass is 9.88. The molecule has 0 unspecified atom stereocenters. The smallest absolute Gasteiger partial charge is 0.337 e. The minimum Gasteiger partial charge on any atom is -0.337 e. The highest BCUT2D eigenvalue weighted by Gasteiger charge is 2.52. The van der Waals surface area contributed by atoms with E-state index in [0.717, 1.165) is 0 Å². The second-order valence-corrected chi connectivity index (χ2v) is 5.81. The van der Waals surface area contributed by atoms with Crippen molar-refractivity contribution in [2.45, 2.75) is 18.8 Å². The Kier molecular flexibility index (Phi) is 4.84. The molecular weight excluding hydrogens is 348 g/mol. The van der Waals surface area contributed by atoms with Gasteiger partial charge in [0.1, 0.15) is 0 Å². The Labute approximate surface area is 133 Å². The van der Waals surface area contributed by atoms with E-state index in [9.17, 15) is 31.1 Å². The second-order valence-electron chi connectivity index (χ2n) is 5.40. The van der Waals surface area contributed by atoms with Crippen molar-refractivity contribution in [2.75, 3.05) is 13.1 Å². The molecule has 1 amide bonds. The van der Waals surface area contributed by atoms with Crippen molar-refractivity contribution in [1.82, 2.24) is 4.90 Å². The molecular formula is C14H12ClF6NO. The molecule has 0 saturated carbocycles. The van der Waals surface area contributed by atoms with Crippen LogP contribution in [-0.2, 0) is 0 Å². The maximum Gasteiger partial charge on any atom is 0.393 e. The van der Waals surface area contributed by atoms with Crippen LogP contribution in [0.2, 0.25) is 5.02 Å². The summed E-state index contributed by atoms with van der Waals surface area (Å²) < 4.78 is 77.3. The van der Waals surface area contributed by atoms with E-state index in [1.54, 1.807) is 0 Å². The number of carbonyl (C=O) groups excluding carboxylic acids is 1. The molecule has 0 aliphatic carbocycles. The number of rotatable bonds is 1. The van der Waals surface area contributed by atoms with Crippen molar-refractivity contribution in [3.8, 4) is 0 Å². The Morgan fingerprint density at radius 2 is 1.48 bits per heavy atom. The molecule has 0 radical (unpaired) electrons. The van der Waals surface area contributed by atoms with Crippen molar-refractivity contribution in [3.05, 3.63) is 34.9 Å². The average Bonchev–Trinajstić information content (AvgIpc) is 2.45. The molecule has 1 fully saturated rings. The zero-order valence-corrected chi connectivity index (χ0v) is 12.3. The molecule has 1 saturated heterocycles. The van der Waals surface area contributed by atoms with Gasteiger partial charge in [0.05, 0.1) is 22.4 Å². The standard InChI is InChI=1S/C14H12ClF6NO/c15-11-4-2-1-3-10(11)12(23)22-6-8(13(16,17)18)5-9(7-22)14(19,20)21/h1-4,8-9H,5-7H2/t8-,9-/m1/s1. The molecule has 0 spiro atoms. The first-order valence-corrected chi connectivity index (χ1v) is 7.05. The molecule has 1 aromatic rings. The first-order chi connectivity index (χ1) is 10.5. The summed E-state index contributed by atoms with van der Waals surface area (Å²) in [6.45, 7) is -1.61. The van der Waals surface area contributed by atoms with Crippen LogP contribution in [-0.4, -0.2) is 36.2 Å². The summed E-state index contributed by atoms with van der Waals surface area (Å²) in [5.74, 6) is -5.36. The lowest BCUT2D eigenvalue weighted by molar-refractivity contribution is -0.226. The molecule has 1 heterocycles. The summed E-state index contributed by atoms with van der Waals surface area (Å²) in [4.78, 5) is 12.9. The maximum absolute atomic E-state index is 12.9. The number of hydrogen-bond donors (Lipinski definition) is 0. The lowest BCUT2D eigenvalue weighted by Gasteiger charge is -2.39. The van der Waals surface area contributed by atoms with E-state index in [2.05, 4.69) is 0 Å². The van der Waals surface area contributed by atoms with Crippen LogP contribution in [0.25, 0.3) is 0 Å². The predicted molar refractivity (Wildman–Crippen MR) is 71.1 cm³/mol. The van der Waals surface area contributed by atoms with Crippen molar-refractivity contribution >= 4 is 17.5 Å². The normalized spacial score (nSPS) is 23.0. The average molecular weight is 360 g/mol. The zero-order valence-electron chi connectivity index (χ0n) is 11.6. The topological polar surface area (TPSA) is 20.3 Å². The lowest BCUT2D eigenvalue weighted by Crippen LogP contribution is -2.51. The summed E-state index contributed by atoms with van der Waals surface area (Å²) in [7, 11) is 0. The van der Waals surface area contributed by atoms with E-state index < -0.39 is 49.6 Å². The van der Waals surface area contributed by atoms with Gasteiger partial charge >= 0.3 is 12.4 Å². The third-order valence-corrected chi connectivity index (χ3v) is 4.10. The highest BCUT2D eigenvalue weighted by atomic mass is 35.5. The van der Waals surface area contributed by atoms with Crippen LogP contribution >= 0.6 is 11.6 Å². The van der Waals surface area contributed by atoms with Gasteiger partial charge in [0, 0.05) is 13.1 Å². The van der Waals surface area contributed by atoms with Gasteiger partial charge in [-0.15, -0.1) is 0 Å². The van der Waals surface area contributed by atoms with E-state index in [-0.39, 0.29) is 10.6 Å². The van der Waals surface area contributed by atoms with E-state index in [4.69, 9.17) is 11.6 Å². The van der Waals surface area contributed by atoms with E-state index in [0.29, 0.717) is 4.90 Å². The van der Waals surface area contributed by atoms with Gasteiger partial charge in [-0.05, 0) is 18.6 Å². The largest absolute Gasteiger partial charge is 0.393 e. The van der Waals surface area contributed by atoms with Crippen molar-refractivity contribution in [2.24, 2.45) is 11.8 Å². The van der Waals surface area contributed by atoms with Crippen LogP contribution in [0.5, 0.6) is 0 Å². The molecule has 23 heavy (non-hydrogen) atoms. The fourth-order valence-corrected chi connectivity index (χ4v) is 2.76. The van der Waals surface area contributed by atoms with Gasteiger partial charge in [0.25, 0.3) is 5.91 Å². The zero-order chi connectivity index (χ0) is 17.4. The Bertz CT molecular complexity index is 563. The molecule has 128 valence electrons. The number of benzene rings is 1. The Balaban J connectivity index is 2.29. The fourth-order valence-electron chi connectivity index (χ4n) is 2.54. The summed E-state index contributed by atoms with van der Waals surface area (Å²) in [5.41, 5.74) is -0.113. The molecule has 0 N–H and O–H groups in total. The van der Waals surface area contributed by atoms with Gasteiger partial charge in [0.15, 0.2) is 0 Å². The van der Waals surface area contributed by atoms with Gasteiger partial charge in [-0.3, -0.25) is 4.79 Å². The number of halogens is 7. The number of carbonyl (C=O) groups is 1. The molecule has 0 bridgehead atoms. The summed E-state index contributed by atoms with van der Waals surface area (Å²) >= 11 is 5.80. The first-order valence-electron chi connectivity index (χ1n) is 6.67. The van der Waals surface area contributed by atoms with E-state index in [1.807, 2.05) is 0 Å². The molecule has 1 aliphatic heterocycles. The predicted octanol–water partition coefficient (Wildman–Crippen LogP) is 4.54. The van der Waals surface area contributed by atoms with Crippen LogP contribution in [0.3, 0.4) is 0 Å². The van der Waals surface area contributed by atoms with Crippen LogP contribution in [0, 0.1) is 11.8 Å². The molecule has 1 aromatic carbocycles. The molecule has 1 aliphatic rings. The van der Waals surface area contributed by atoms with Crippen molar-refractivity contribution in [1.29, 1.82) is 0 Å². The number of alkyl halides is 6. The van der Waals surface area contributed by atoms with Gasteiger partial charge < -0.3 is 4.90 Å². The second kappa shape index (κ2) is 6.22. The molecule has 0 aromatic heterocycles. The van der Waals surface area contributed by atoms with E-state index in [1.165, 1.54) is 24.3 Å². The Morgan fingerprint density at radius 1 is 1.00 bits per heavy atom. The summed E-state index contributed by atoms with van der Waals surface area (Å²) in [6.07, 6.45) is -10.7. The van der Waals surface area contributed by atoms with Crippen molar-refractivity contribution < 1.29 is 31.1 Å². The number of nitrogens with zero attached hydrogens (tertiary/aromatic N) is 1. The van der Waals surface area contributed by atoms with E-state index >= 15 is 0 Å². The highest BCUT2D eigenvalue weighted by molar-refractivity contribution is 6.33. The number of hydrogen-bond acceptors (Lipinski definition) is 1. The Hall–Kier alpha value is -1.44. The van der Waals surface area contributed by atoms with Gasteiger partial charge in [-0.2, -0.15) is 26.3 Å². The minimum atomic E-state index is -4.80. The fraction of sp³-hybridized carbons (Fsp3) is 0.500. The summed E-state index contributed by atoms with van der Waals surface area (Å²) in [6, 6.07) is 5.56. The van der Waals surface area contributed by atoms with Crippen LogP contribution in [0.4, 0.5) is 26.3 Å². The van der Waals surface area contributed by atoms with Crippen molar-refractivity contribution in [3.63, 3.8) is 0 Å². The van der Waals surface area contributed by atoms with Gasteiger partial charge in [-0.25, -0.2) is 0 Å². The molecule has 2 atom stereocenters. The molecule has 9 heteroatoms. The summed E-state index contributed by atoms with van der Waals surface area (Å²) in [5, 5.41) is -0.0183. The van der Waals surface area contributed by atoms with Crippen LogP contribution in [0.1, 0.15) is 16.8 Å². The number of piperidine rings is 1. The molecule has 2 rings (SSSR count). The monoisotopic (exact) mass is 359 g/mol. The first kappa shape index (κ1) is 17.9. The third-order valence-electron chi connectivity index (χ3n) is 3.77. The number of likely N-dealkylation sites (tertiary alicyclic amines) is 1. The van der Waals surface area contributed by atoms with Gasteiger partial charge in [0.2, 0.25) is 0 Å². The highest BCUT2D eigenvalue weighted by Crippen LogP contribution is 2.41. The molecule has 2 nitrogen and oxygen atoms in total.